The molecule has 3 N–H and O–H groups in total. The first-order valence-corrected chi connectivity index (χ1v) is 9.78. The van der Waals surface area contributed by atoms with Gasteiger partial charge >= 0.3 is 18.2 Å². The van der Waals surface area contributed by atoms with Crippen molar-refractivity contribution in [1.29, 1.82) is 0 Å². The molecule has 0 spiro atoms. The molecule has 2 aromatic rings. The molecule has 1 aliphatic carbocycles. The molecule has 170 valence electrons. The number of nitrogens with one attached hydrogen (secondary N) is 2. The van der Waals surface area contributed by atoms with Crippen molar-refractivity contribution in [3.8, 4) is 11.1 Å². The highest BCUT2D eigenvalue weighted by Crippen LogP contribution is 2.44. The normalized spacial score (nSPS) is 14.6. The van der Waals surface area contributed by atoms with Crippen molar-refractivity contribution < 1.29 is 37.4 Å². The summed E-state index contributed by atoms with van der Waals surface area (Å²) in [5, 5.41) is 12.9. The van der Waals surface area contributed by atoms with Crippen molar-refractivity contribution in [2.24, 2.45) is 0 Å². The third kappa shape index (κ3) is 5.37. The lowest BCUT2D eigenvalue weighted by molar-refractivity contribution is -0.160. The van der Waals surface area contributed by atoms with Gasteiger partial charge in [0.05, 0.1) is 6.42 Å². The number of alkyl halides is 3. The predicted molar refractivity (Wildman–Crippen MR) is 108 cm³/mol. The summed E-state index contributed by atoms with van der Waals surface area (Å²) in [4.78, 5) is 35.2. The summed E-state index contributed by atoms with van der Waals surface area (Å²) in [6.07, 6.45) is -7.46. The fraction of sp³-hybridized carbons (Fsp3) is 0.318. The summed E-state index contributed by atoms with van der Waals surface area (Å²) in [7, 11) is 0. The van der Waals surface area contributed by atoms with E-state index in [0.717, 1.165) is 22.3 Å². The van der Waals surface area contributed by atoms with Gasteiger partial charge in [-0.1, -0.05) is 48.5 Å². The van der Waals surface area contributed by atoms with Crippen LogP contribution in [0.15, 0.2) is 48.5 Å². The lowest BCUT2D eigenvalue weighted by Gasteiger charge is -2.20. The van der Waals surface area contributed by atoms with E-state index in [1.165, 1.54) is 6.92 Å². The molecule has 0 radical (unpaired) electrons. The predicted octanol–water partition coefficient (Wildman–Crippen LogP) is 3.44. The number of amides is 2. The maximum atomic E-state index is 12.5. The number of carbonyl (C=O) groups is 3. The molecule has 1 unspecified atom stereocenters. The standard InChI is InChI=1S/C22H21F3N2O5/c1-12(19(28)27-18(20(29)30)10-22(23,24)25)26-21(31)32-11-17-15-8-4-2-6-13(15)14-7-3-5-9-16(14)17/h2-9,12,17-18H,10-11H2,1H3,(H,26,31)(H,27,28)(H,29,30)/t12-,18?/m1/s1. The first kappa shape index (κ1) is 23.1. The molecule has 0 saturated carbocycles. The van der Waals surface area contributed by atoms with Gasteiger partial charge in [0, 0.05) is 5.92 Å². The number of fused-ring (bicyclic) bond motifs is 3. The molecule has 0 aromatic heterocycles. The summed E-state index contributed by atoms with van der Waals surface area (Å²) in [5.74, 6) is -3.11. The number of aliphatic carboxylic acids is 1. The van der Waals surface area contributed by atoms with Crippen molar-refractivity contribution in [1.82, 2.24) is 10.6 Å². The first-order chi connectivity index (χ1) is 15.1. The van der Waals surface area contributed by atoms with Crippen LogP contribution in [-0.2, 0) is 14.3 Å². The zero-order valence-electron chi connectivity index (χ0n) is 17.0. The average molecular weight is 450 g/mol. The number of halogens is 3. The van der Waals surface area contributed by atoms with E-state index in [2.05, 4.69) is 5.32 Å². The zero-order chi connectivity index (χ0) is 23.5. The summed E-state index contributed by atoms with van der Waals surface area (Å²) in [6.45, 7) is 1.20. The molecule has 0 aliphatic heterocycles. The molecular formula is C22H21F3N2O5. The van der Waals surface area contributed by atoms with E-state index in [1.54, 1.807) is 5.32 Å². The van der Waals surface area contributed by atoms with Gasteiger partial charge in [0.2, 0.25) is 5.91 Å². The molecule has 0 heterocycles. The van der Waals surface area contributed by atoms with E-state index in [4.69, 9.17) is 9.84 Å². The number of carboxylic acids is 1. The Bertz CT molecular complexity index is 979. The zero-order valence-corrected chi connectivity index (χ0v) is 17.0. The monoisotopic (exact) mass is 450 g/mol. The Morgan fingerprint density at radius 3 is 2.03 bits per heavy atom. The second kappa shape index (κ2) is 9.29. The van der Waals surface area contributed by atoms with Gasteiger partial charge in [-0.25, -0.2) is 9.59 Å². The summed E-state index contributed by atoms with van der Waals surface area (Å²) < 4.78 is 42.7. The molecule has 1 aliphatic rings. The molecule has 3 rings (SSSR count). The number of ether oxygens (including phenoxy) is 1. The van der Waals surface area contributed by atoms with Crippen molar-refractivity contribution in [3.05, 3.63) is 59.7 Å². The highest BCUT2D eigenvalue weighted by molar-refractivity contribution is 5.89. The second-order valence-electron chi connectivity index (χ2n) is 7.41. The van der Waals surface area contributed by atoms with Crippen molar-refractivity contribution in [2.75, 3.05) is 6.61 Å². The fourth-order valence-corrected chi connectivity index (χ4v) is 3.61. The molecule has 0 bridgehead atoms. The van der Waals surface area contributed by atoms with Crippen LogP contribution in [0.4, 0.5) is 18.0 Å². The van der Waals surface area contributed by atoms with E-state index >= 15 is 0 Å². The lowest BCUT2D eigenvalue weighted by atomic mass is 9.98. The lowest BCUT2D eigenvalue weighted by Crippen LogP contribution is -2.51. The number of alkyl carbamates (subject to hydrolysis) is 1. The Morgan fingerprint density at radius 2 is 1.53 bits per heavy atom. The maximum absolute atomic E-state index is 12.5. The number of rotatable bonds is 7. The highest BCUT2D eigenvalue weighted by atomic mass is 19.4. The first-order valence-electron chi connectivity index (χ1n) is 9.78. The van der Waals surface area contributed by atoms with Gasteiger partial charge in [-0.15, -0.1) is 0 Å². The van der Waals surface area contributed by atoms with Crippen LogP contribution in [0, 0.1) is 0 Å². The fourth-order valence-electron chi connectivity index (χ4n) is 3.61. The number of hydrogen-bond acceptors (Lipinski definition) is 4. The topological polar surface area (TPSA) is 105 Å². The minimum Gasteiger partial charge on any atom is -0.480 e. The Morgan fingerprint density at radius 1 is 1.00 bits per heavy atom. The van der Waals surface area contributed by atoms with Gasteiger partial charge in [0.1, 0.15) is 18.7 Å². The molecule has 2 atom stereocenters. The summed E-state index contributed by atoms with van der Waals surface area (Å²) in [5.41, 5.74) is 4.05. The van der Waals surface area contributed by atoms with Crippen LogP contribution in [0.25, 0.3) is 11.1 Å². The van der Waals surface area contributed by atoms with Crippen molar-refractivity contribution in [2.45, 2.75) is 37.5 Å². The van der Waals surface area contributed by atoms with Crippen molar-refractivity contribution in [3.63, 3.8) is 0 Å². The van der Waals surface area contributed by atoms with Crippen molar-refractivity contribution >= 4 is 18.0 Å². The summed E-state index contributed by atoms with van der Waals surface area (Å²) in [6, 6.07) is 11.9. The largest absolute Gasteiger partial charge is 0.480 e. The van der Waals surface area contributed by atoms with Crippen LogP contribution in [0.3, 0.4) is 0 Å². The molecule has 2 amide bonds. The SMILES string of the molecule is C[C@@H](NC(=O)OCC1c2ccccc2-c2ccccc21)C(=O)NC(CC(F)(F)F)C(=O)O. The number of carboxylic acid groups (broad SMARTS) is 1. The van der Waals surface area contributed by atoms with Crippen LogP contribution in [-0.4, -0.2) is 47.9 Å². The van der Waals surface area contributed by atoms with Crippen LogP contribution in [0.5, 0.6) is 0 Å². The number of benzene rings is 2. The van der Waals surface area contributed by atoms with Gasteiger partial charge in [0.15, 0.2) is 0 Å². The smallest absolute Gasteiger partial charge is 0.407 e. The van der Waals surface area contributed by atoms with Crippen LogP contribution in [0.2, 0.25) is 0 Å². The second-order valence-corrected chi connectivity index (χ2v) is 7.41. The van der Waals surface area contributed by atoms with Gasteiger partial charge in [-0.05, 0) is 29.2 Å². The van der Waals surface area contributed by atoms with Crippen LogP contribution in [0.1, 0.15) is 30.4 Å². The van der Waals surface area contributed by atoms with Gasteiger partial charge in [-0.3, -0.25) is 4.79 Å². The molecule has 10 heteroatoms. The number of hydrogen-bond donors (Lipinski definition) is 3. The van der Waals surface area contributed by atoms with Gasteiger partial charge in [0.25, 0.3) is 0 Å². The van der Waals surface area contributed by atoms with E-state index < -0.39 is 42.7 Å². The van der Waals surface area contributed by atoms with Gasteiger partial charge in [-0.2, -0.15) is 13.2 Å². The molecule has 32 heavy (non-hydrogen) atoms. The average Bonchev–Trinajstić information content (AvgIpc) is 3.04. The third-order valence-electron chi connectivity index (χ3n) is 5.12. The Kier molecular flexibility index (Phi) is 6.71. The van der Waals surface area contributed by atoms with Crippen LogP contribution < -0.4 is 10.6 Å². The molecule has 0 fully saturated rings. The van der Waals surface area contributed by atoms with Crippen LogP contribution >= 0.6 is 0 Å². The Balaban J connectivity index is 1.58. The molecule has 7 nitrogen and oxygen atoms in total. The number of carbonyl (C=O) groups excluding carboxylic acids is 2. The Labute approximate surface area is 181 Å². The van der Waals surface area contributed by atoms with E-state index in [1.807, 2.05) is 48.5 Å². The quantitative estimate of drug-likeness (QED) is 0.600. The van der Waals surface area contributed by atoms with E-state index in [0.29, 0.717) is 0 Å². The van der Waals surface area contributed by atoms with E-state index in [9.17, 15) is 27.6 Å². The summed E-state index contributed by atoms with van der Waals surface area (Å²) >= 11 is 0. The highest BCUT2D eigenvalue weighted by Gasteiger charge is 2.37. The minimum absolute atomic E-state index is 0.0139. The van der Waals surface area contributed by atoms with E-state index in [-0.39, 0.29) is 12.5 Å². The Hall–Kier alpha value is -3.56. The maximum Gasteiger partial charge on any atom is 0.407 e. The van der Waals surface area contributed by atoms with Gasteiger partial charge < -0.3 is 20.5 Å². The molecular weight excluding hydrogens is 429 g/mol. The third-order valence-corrected chi connectivity index (χ3v) is 5.12. The molecule has 0 saturated heterocycles. The minimum atomic E-state index is -4.78. The molecule has 2 aromatic carbocycles.